The van der Waals surface area contributed by atoms with E-state index < -0.39 is 26.5 Å². The number of hydrogen-bond acceptors (Lipinski definition) is 5. The van der Waals surface area contributed by atoms with Crippen molar-refractivity contribution in [1.82, 2.24) is 10.3 Å². The zero-order valence-electron chi connectivity index (χ0n) is 11.5. The third-order valence-electron chi connectivity index (χ3n) is 2.45. The molecule has 6 nitrogen and oxygen atoms in total. The van der Waals surface area contributed by atoms with E-state index in [4.69, 9.17) is 5.73 Å². The molecule has 0 bridgehead atoms. The van der Waals surface area contributed by atoms with E-state index >= 15 is 0 Å². The zero-order chi connectivity index (χ0) is 14.8. The van der Waals surface area contributed by atoms with Gasteiger partial charge in [0, 0.05) is 11.7 Å². The van der Waals surface area contributed by atoms with Crippen LogP contribution in [0.25, 0.3) is 0 Å². The van der Waals surface area contributed by atoms with Gasteiger partial charge in [0.1, 0.15) is 5.25 Å². The van der Waals surface area contributed by atoms with Crippen LogP contribution in [0, 0.1) is 0 Å². The summed E-state index contributed by atoms with van der Waals surface area (Å²) in [6.45, 7) is 6.69. The van der Waals surface area contributed by atoms with Gasteiger partial charge in [-0.15, -0.1) is 0 Å². The number of anilines is 1. The van der Waals surface area contributed by atoms with Gasteiger partial charge in [0.2, 0.25) is 5.91 Å². The molecular weight excluding hydrogens is 266 g/mol. The highest BCUT2D eigenvalue weighted by atomic mass is 32.2. The molecule has 1 amide bonds. The third kappa shape index (κ3) is 3.66. The Bertz CT molecular complexity index is 576. The zero-order valence-corrected chi connectivity index (χ0v) is 12.3. The van der Waals surface area contributed by atoms with E-state index in [1.165, 1.54) is 25.4 Å². The van der Waals surface area contributed by atoms with Crippen LogP contribution in [0.4, 0.5) is 5.69 Å². The van der Waals surface area contributed by atoms with Gasteiger partial charge >= 0.3 is 0 Å². The molecule has 1 atom stereocenters. The van der Waals surface area contributed by atoms with E-state index in [1.807, 2.05) is 0 Å². The standard InChI is InChI=1S/C12H19N3O3S/c1-8(11(16)15-12(2,3)4)19(17,18)10-5-6-14-7-9(10)13/h5-8H,13H2,1-4H3,(H,15,16). The molecule has 0 saturated carbocycles. The molecule has 0 saturated heterocycles. The summed E-state index contributed by atoms with van der Waals surface area (Å²) in [6.07, 6.45) is 2.58. The Morgan fingerprint density at radius 3 is 2.47 bits per heavy atom. The number of amides is 1. The lowest BCUT2D eigenvalue weighted by Crippen LogP contribution is -2.47. The highest BCUT2D eigenvalue weighted by molar-refractivity contribution is 7.93. The van der Waals surface area contributed by atoms with E-state index in [-0.39, 0.29) is 10.6 Å². The number of carbonyl (C=O) groups excluding carboxylic acids is 1. The van der Waals surface area contributed by atoms with Crippen LogP contribution in [-0.2, 0) is 14.6 Å². The Morgan fingerprint density at radius 1 is 1.42 bits per heavy atom. The number of sulfone groups is 1. The molecule has 0 spiro atoms. The molecule has 106 valence electrons. The Morgan fingerprint density at radius 2 is 2.00 bits per heavy atom. The van der Waals surface area contributed by atoms with Gasteiger partial charge in [-0.25, -0.2) is 8.42 Å². The lowest BCUT2D eigenvalue weighted by atomic mass is 10.1. The fourth-order valence-electron chi connectivity index (χ4n) is 1.46. The quantitative estimate of drug-likeness (QED) is 0.852. The first-order valence-corrected chi connectivity index (χ1v) is 7.36. The molecular formula is C12H19N3O3S. The highest BCUT2D eigenvalue weighted by Gasteiger charge is 2.32. The average Bonchev–Trinajstić information content (AvgIpc) is 2.26. The maximum Gasteiger partial charge on any atom is 0.238 e. The minimum absolute atomic E-state index is 0.0397. The van der Waals surface area contributed by atoms with Crippen molar-refractivity contribution in [1.29, 1.82) is 0 Å². The molecule has 0 radical (unpaired) electrons. The summed E-state index contributed by atoms with van der Waals surface area (Å²) >= 11 is 0. The second-order valence-corrected chi connectivity index (χ2v) is 7.58. The Kier molecular flexibility index (Phi) is 4.19. The molecule has 19 heavy (non-hydrogen) atoms. The van der Waals surface area contributed by atoms with Crippen LogP contribution in [0.5, 0.6) is 0 Å². The van der Waals surface area contributed by atoms with E-state index in [0.29, 0.717) is 0 Å². The van der Waals surface area contributed by atoms with Crippen LogP contribution in [-0.4, -0.2) is 30.1 Å². The van der Waals surface area contributed by atoms with Gasteiger partial charge in [-0.1, -0.05) is 0 Å². The molecule has 0 aliphatic rings. The normalized spacial score (nSPS) is 13.9. The molecule has 1 rings (SSSR count). The van der Waals surface area contributed by atoms with Crippen molar-refractivity contribution in [2.45, 2.75) is 43.4 Å². The van der Waals surface area contributed by atoms with Crippen LogP contribution in [0.15, 0.2) is 23.4 Å². The maximum atomic E-state index is 12.3. The summed E-state index contributed by atoms with van der Waals surface area (Å²) in [5.41, 5.74) is 5.14. The van der Waals surface area contributed by atoms with Gasteiger partial charge in [-0.05, 0) is 33.8 Å². The van der Waals surface area contributed by atoms with Gasteiger partial charge in [-0.2, -0.15) is 0 Å². The van der Waals surface area contributed by atoms with E-state index in [1.54, 1.807) is 20.8 Å². The number of nitrogens with one attached hydrogen (secondary N) is 1. The van der Waals surface area contributed by atoms with Crippen LogP contribution in [0.2, 0.25) is 0 Å². The van der Waals surface area contributed by atoms with Crippen molar-refractivity contribution in [2.75, 3.05) is 5.73 Å². The number of nitrogens with two attached hydrogens (primary N) is 1. The van der Waals surface area contributed by atoms with Crippen molar-refractivity contribution < 1.29 is 13.2 Å². The number of pyridine rings is 1. The molecule has 0 fully saturated rings. The molecule has 1 heterocycles. The van der Waals surface area contributed by atoms with E-state index in [9.17, 15) is 13.2 Å². The predicted molar refractivity (Wildman–Crippen MR) is 73.2 cm³/mol. The summed E-state index contributed by atoms with van der Waals surface area (Å²) in [5.74, 6) is -0.552. The first-order valence-electron chi connectivity index (χ1n) is 5.81. The molecule has 1 unspecified atom stereocenters. The smallest absolute Gasteiger partial charge is 0.238 e. The monoisotopic (exact) mass is 285 g/mol. The van der Waals surface area contributed by atoms with Crippen LogP contribution < -0.4 is 11.1 Å². The minimum atomic E-state index is -3.82. The molecule has 0 aromatic carbocycles. The average molecular weight is 285 g/mol. The van der Waals surface area contributed by atoms with Crippen molar-refractivity contribution in [3.63, 3.8) is 0 Å². The van der Waals surface area contributed by atoms with Crippen LogP contribution >= 0.6 is 0 Å². The fourth-order valence-corrected chi connectivity index (χ4v) is 2.81. The molecule has 1 aromatic rings. The number of nitrogens with zero attached hydrogens (tertiary/aromatic N) is 1. The van der Waals surface area contributed by atoms with Gasteiger partial charge in [0.05, 0.1) is 16.8 Å². The fraction of sp³-hybridized carbons (Fsp3) is 0.500. The summed E-state index contributed by atoms with van der Waals surface area (Å²) < 4.78 is 24.6. The number of nitrogen functional groups attached to an aromatic ring is 1. The largest absolute Gasteiger partial charge is 0.396 e. The lowest BCUT2D eigenvalue weighted by molar-refractivity contribution is -0.121. The second kappa shape index (κ2) is 5.16. The molecule has 0 aliphatic heterocycles. The SMILES string of the molecule is CC(C(=O)NC(C)(C)C)S(=O)(=O)c1ccncc1N. The highest BCUT2D eigenvalue weighted by Crippen LogP contribution is 2.21. The van der Waals surface area contributed by atoms with E-state index in [2.05, 4.69) is 10.3 Å². The topological polar surface area (TPSA) is 102 Å². The third-order valence-corrected chi connectivity index (χ3v) is 4.58. The van der Waals surface area contributed by atoms with E-state index in [0.717, 1.165) is 0 Å². The predicted octanol–water partition coefficient (Wildman–Crippen LogP) is 0.741. The first-order chi connectivity index (χ1) is 8.55. The Labute approximate surface area is 113 Å². The van der Waals surface area contributed by atoms with Gasteiger partial charge in [0.25, 0.3) is 0 Å². The van der Waals surface area contributed by atoms with Crippen molar-refractivity contribution in [2.24, 2.45) is 0 Å². The van der Waals surface area contributed by atoms with Gasteiger partial charge < -0.3 is 11.1 Å². The maximum absolute atomic E-state index is 12.3. The number of aromatic nitrogens is 1. The lowest BCUT2D eigenvalue weighted by Gasteiger charge is -2.23. The number of hydrogen-bond donors (Lipinski definition) is 2. The summed E-state index contributed by atoms with van der Waals surface area (Å²) in [7, 11) is -3.82. The summed E-state index contributed by atoms with van der Waals surface area (Å²) in [5, 5.41) is 1.43. The number of carbonyl (C=O) groups is 1. The van der Waals surface area contributed by atoms with Gasteiger partial charge in [0.15, 0.2) is 9.84 Å². The summed E-state index contributed by atoms with van der Waals surface area (Å²) in [4.78, 5) is 15.6. The Hall–Kier alpha value is -1.63. The van der Waals surface area contributed by atoms with Crippen LogP contribution in [0.3, 0.4) is 0 Å². The van der Waals surface area contributed by atoms with Crippen LogP contribution in [0.1, 0.15) is 27.7 Å². The van der Waals surface area contributed by atoms with Crippen molar-refractivity contribution >= 4 is 21.4 Å². The van der Waals surface area contributed by atoms with Crippen molar-refractivity contribution in [3.8, 4) is 0 Å². The number of rotatable bonds is 3. The van der Waals surface area contributed by atoms with Gasteiger partial charge in [-0.3, -0.25) is 9.78 Å². The molecule has 3 N–H and O–H groups in total. The second-order valence-electron chi connectivity index (χ2n) is 5.34. The molecule has 0 aliphatic carbocycles. The van der Waals surface area contributed by atoms with Crippen molar-refractivity contribution in [3.05, 3.63) is 18.5 Å². The summed E-state index contributed by atoms with van der Waals surface area (Å²) in [6, 6.07) is 1.30. The molecule has 7 heteroatoms. The minimum Gasteiger partial charge on any atom is -0.396 e. The molecule has 1 aromatic heterocycles. The first kappa shape index (κ1) is 15.4. The Balaban J connectivity index is 3.08.